The van der Waals surface area contributed by atoms with E-state index >= 15 is 0 Å². The predicted octanol–water partition coefficient (Wildman–Crippen LogP) is 3.60. The van der Waals surface area contributed by atoms with Crippen molar-refractivity contribution in [1.29, 1.82) is 0 Å². The summed E-state index contributed by atoms with van der Waals surface area (Å²) in [6.45, 7) is 8.05. The fourth-order valence-electron chi connectivity index (χ4n) is 3.62. The largest absolute Gasteiger partial charge is 0.466 e. The van der Waals surface area contributed by atoms with Crippen LogP contribution in [0.2, 0.25) is 0 Å². The number of methoxy groups -OCH3 is 1. The third kappa shape index (κ3) is 5.70. The maximum absolute atomic E-state index is 12.6. The van der Waals surface area contributed by atoms with E-state index < -0.39 is 0 Å². The molecule has 1 saturated heterocycles. The topological polar surface area (TPSA) is 63.0 Å². The van der Waals surface area contributed by atoms with Crippen molar-refractivity contribution >= 4 is 11.9 Å². The summed E-state index contributed by atoms with van der Waals surface area (Å²) in [6.07, 6.45) is 1.55. The van der Waals surface area contributed by atoms with Crippen LogP contribution in [-0.2, 0) is 16.1 Å². The molecule has 1 aliphatic heterocycles. The summed E-state index contributed by atoms with van der Waals surface area (Å²) in [5, 5.41) is 0. The molecule has 1 amide bonds. The van der Waals surface area contributed by atoms with E-state index in [0.29, 0.717) is 31.0 Å². The average Bonchev–Trinajstić information content (AvgIpc) is 3.10. The van der Waals surface area contributed by atoms with Crippen LogP contribution in [0.4, 0.5) is 0 Å². The van der Waals surface area contributed by atoms with Crippen LogP contribution in [0.5, 0.6) is 0 Å². The van der Waals surface area contributed by atoms with Crippen molar-refractivity contribution in [3.05, 3.63) is 59.0 Å². The molecule has 156 valence electrons. The highest BCUT2D eigenvalue weighted by atomic mass is 16.5. The van der Waals surface area contributed by atoms with Gasteiger partial charge in [0.05, 0.1) is 12.7 Å². The Morgan fingerprint density at radius 1 is 1.14 bits per heavy atom. The van der Waals surface area contributed by atoms with Gasteiger partial charge in [0.15, 0.2) is 0 Å². The molecule has 1 fully saturated rings. The highest BCUT2D eigenvalue weighted by Crippen LogP contribution is 2.22. The molecule has 6 nitrogen and oxygen atoms in total. The number of hydrogen-bond donors (Lipinski definition) is 0. The van der Waals surface area contributed by atoms with E-state index in [0.717, 1.165) is 43.1 Å². The summed E-state index contributed by atoms with van der Waals surface area (Å²) in [6, 6.07) is 11.3. The first-order valence-corrected chi connectivity index (χ1v) is 10.2. The molecule has 1 aromatic carbocycles. The van der Waals surface area contributed by atoms with E-state index in [1.807, 2.05) is 30.0 Å². The van der Waals surface area contributed by atoms with Crippen LogP contribution in [0.3, 0.4) is 0 Å². The van der Waals surface area contributed by atoms with E-state index in [9.17, 15) is 9.59 Å². The van der Waals surface area contributed by atoms with Crippen molar-refractivity contribution in [2.75, 3.05) is 33.3 Å². The zero-order valence-electron chi connectivity index (χ0n) is 17.5. The zero-order valence-corrected chi connectivity index (χ0v) is 17.5. The van der Waals surface area contributed by atoms with Gasteiger partial charge in [0, 0.05) is 38.5 Å². The monoisotopic (exact) mass is 398 g/mol. The SMILES string of the molecule is COC(=O)c1ccc(CN2CCN(CCC(C)c3ccc(C)o3)CCC2=O)cc1. The molecule has 1 aromatic heterocycles. The van der Waals surface area contributed by atoms with Crippen molar-refractivity contribution in [3.63, 3.8) is 0 Å². The lowest BCUT2D eigenvalue weighted by atomic mass is 10.0. The molecule has 2 heterocycles. The third-order valence-corrected chi connectivity index (χ3v) is 5.55. The van der Waals surface area contributed by atoms with Gasteiger partial charge in [0.1, 0.15) is 11.5 Å². The lowest BCUT2D eigenvalue weighted by Crippen LogP contribution is -2.33. The van der Waals surface area contributed by atoms with E-state index in [1.165, 1.54) is 7.11 Å². The Bertz CT molecular complexity index is 828. The van der Waals surface area contributed by atoms with E-state index in [-0.39, 0.29) is 11.9 Å². The number of hydrogen-bond acceptors (Lipinski definition) is 5. The molecule has 0 saturated carbocycles. The molecule has 6 heteroatoms. The smallest absolute Gasteiger partial charge is 0.337 e. The lowest BCUT2D eigenvalue weighted by molar-refractivity contribution is -0.130. The summed E-state index contributed by atoms with van der Waals surface area (Å²) in [5.41, 5.74) is 1.53. The molecular weight excluding hydrogens is 368 g/mol. The van der Waals surface area contributed by atoms with Crippen LogP contribution < -0.4 is 0 Å². The summed E-state index contributed by atoms with van der Waals surface area (Å²) < 4.78 is 10.5. The predicted molar refractivity (Wildman–Crippen MR) is 111 cm³/mol. The zero-order chi connectivity index (χ0) is 20.8. The maximum Gasteiger partial charge on any atom is 0.337 e. The number of esters is 1. The molecular formula is C23H30N2O4. The molecule has 0 spiro atoms. The number of benzene rings is 1. The minimum atomic E-state index is -0.350. The van der Waals surface area contributed by atoms with E-state index in [2.05, 4.69) is 17.9 Å². The Labute approximate surface area is 172 Å². The van der Waals surface area contributed by atoms with Gasteiger partial charge in [0.25, 0.3) is 0 Å². The Hall–Kier alpha value is -2.60. The van der Waals surface area contributed by atoms with Crippen molar-refractivity contribution in [2.45, 2.75) is 39.2 Å². The summed E-state index contributed by atoms with van der Waals surface area (Å²) in [7, 11) is 1.37. The van der Waals surface area contributed by atoms with Gasteiger partial charge in [-0.05, 0) is 49.7 Å². The van der Waals surface area contributed by atoms with Crippen molar-refractivity contribution in [2.24, 2.45) is 0 Å². The van der Waals surface area contributed by atoms with Crippen LogP contribution in [0.15, 0.2) is 40.8 Å². The molecule has 1 atom stereocenters. The number of aryl methyl sites for hydroxylation is 1. The van der Waals surface area contributed by atoms with Crippen molar-refractivity contribution in [3.8, 4) is 0 Å². The molecule has 29 heavy (non-hydrogen) atoms. The number of ether oxygens (including phenoxy) is 1. The van der Waals surface area contributed by atoms with Crippen LogP contribution >= 0.6 is 0 Å². The maximum atomic E-state index is 12.6. The second-order valence-corrected chi connectivity index (χ2v) is 7.73. The Morgan fingerprint density at radius 3 is 2.55 bits per heavy atom. The van der Waals surface area contributed by atoms with E-state index in [1.54, 1.807) is 12.1 Å². The number of nitrogens with zero attached hydrogens (tertiary/aromatic N) is 2. The van der Waals surface area contributed by atoms with Gasteiger partial charge in [-0.15, -0.1) is 0 Å². The molecule has 0 aliphatic carbocycles. The lowest BCUT2D eigenvalue weighted by Gasteiger charge is -2.23. The number of amides is 1. The molecule has 2 aromatic rings. The first kappa shape index (κ1) is 21.1. The van der Waals surface area contributed by atoms with Crippen LogP contribution in [-0.4, -0.2) is 55.0 Å². The van der Waals surface area contributed by atoms with E-state index in [4.69, 9.17) is 9.15 Å². The first-order chi connectivity index (χ1) is 14.0. The molecule has 0 bridgehead atoms. The molecule has 0 N–H and O–H groups in total. The summed E-state index contributed by atoms with van der Waals surface area (Å²) in [5.74, 6) is 2.18. The minimum absolute atomic E-state index is 0.180. The fraction of sp³-hybridized carbons (Fsp3) is 0.478. The Morgan fingerprint density at radius 2 is 1.90 bits per heavy atom. The first-order valence-electron chi connectivity index (χ1n) is 10.2. The average molecular weight is 399 g/mol. The Balaban J connectivity index is 1.51. The van der Waals surface area contributed by atoms with Gasteiger partial charge in [-0.2, -0.15) is 0 Å². The molecule has 0 radical (unpaired) electrons. The molecule has 3 rings (SSSR count). The van der Waals surface area contributed by atoms with Crippen molar-refractivity contribution in [1.82, 2.24) is 9.80 Å². The number of carbonyl (C=O) groups excluding carboxylic acids is 2. The molecule has 1 aliphatic rings. The van der Waals surface area contributed by atoms with Gasteiger partial charge in [0.2, 0.25) is 5.91 Å². The van der Waals surface area contributed by atoms with Gasteiger partial charge in [-0.1, -0.05) is 19.1 Å². The van der Waals surface area contributed by atoms with Crippen LogP contribution in [0.25, 0.3) is 0 Å². The number of carbonyl (C=O) groups is 2. The second-order valence-electron chi connectivity index (χ2n) is 7.73. The normalized spacial score (nSPS) is 16.5. The van der Waals surface area contributed by atoms with Gasteiger partial charge < -0.3 is 19.0 Å². The summed E-state index contributed by atoms with van der Waals surface area (Å²) >= 11 is 0. The molecule has 1 unspecified atom stereocenters. The fourth-order valence-corrected chi connectivity index (χ4v) is 3.62. The number of rotatable bonds is 7. The van der Waals surface area contributed by atoms with Gasteiger partial charge >= 0.3 is 5.97 Å². The highest BCUT2D eigenvalue weighted by molar-refractivity contribution is 5.89. The minimum Gasteiger partial charge on any atom is -0.466 e. The van der Waals surface area contributed by atoms with Crippen LogP contribution in [0, 0.1) is 6.92 Å². The van der Waals surface area contributed by atoms with Gasteiger partial charge in [-0.3, -0.25) is 4.79 Å². The standard InChI is InChI=1S/C23H30N2O4/c1-17(21-9-4-18(2)29-21)10-12-24-13-11-22(26)25(15-14-24)16-19-5-7-20(8-6-19)23(27)28-3/h4-9,17H,10-16H2,1-3H3. The highest BCUT2D eigenvalue weighted by Gasteiger charge is 2.22. The number of furan rings is 1. The Kier molecular flexibility index (Phi) is 7.09. The quantitative estimate of drug-likeness (QED) is 0.667. The third-order valence-electron chi connectivity index (χ3n) is 5.55. The van der Waals surface area contributed by atoms with Crippen LogP contribution in [0.1, 0.15) is 53.1 Å². The van der Waals surface area contributed by atoms with Gasteiger partial charge in [-0.25, -0.2) is 4.79 Å². The summed E-state index contributed by atoms with van der Waals surface area (Å²) in [4.78, 5) is 28.4. The van der Waals surface area contributed by atoms with Crippen molar-refractivity contribution < 1.29 is 18.7 Å². The second kappa shape index (κ2) is 9.74.